The van der Waals surface area contributed by atoms with Crippen molar-refractivity contribution in [2.24, 2.45) is 0 Å². The molecule has 0 fully saturated rings. The van der Waals surface area contributed by atoms with E-state index in [1.165, 1.54) is 48.7 Å². The summed E-state index contributed by atoms with van der Waals surface area (Å²) < 4.78 is 28.9. The Morgan fingerprint density at radius 3 is 2.59 bits per heavy atom. The lowest BCUT2D eigenvalue weighted by atomic mass is 10.2. The fourth-order valence-electron chi connectivity index (χ4n) is 2.28. The van der Waals surface area contributed by atoms with E-state index < -0.39 is 23.1 Å². The van der Waals surface area contributed by atoms with Crippen molar-refractivity contribution in [2.45, 2.75) is 6.61 Å². The molecule has 1 N–H and O–H groups in total. The highest BCUT2D eigenvalue weighted by Gasteiger charge is 2.15. The van der Waals surface area contributed by atoms with Gasteiger partial charge in [0.15, 0.2) is 0 Å². The molecule has 5 nitrogen and oxygen atoms in total. The van der Waals surface area contributed by atoms with E-state index in [1.54, 1.807) is 12.1 Å². The third-order valence-corrected chi connectivity index (χ3v) is 4.15. The van der Waals surface area contributed by atoms with Crippen molar-refractivity contribution in [1.82, 2.24) is 4.73 Å². The summed E-state index contributed by atoms with van der Waals surface area (Å²) in [5.74, 6) is -1.90. The average molecular weight is 435 g/mol. The highest BCUT2D eigenvalue weighted by molar-refractivity contribution is 9.10. The molecule has 138 valence electrons. The second-order valence-electron chi connectivity index (χ2n) is 5.50. The molecule has 27 heavy (non-hydrogen) atoms. The first kappa shape index (κ1) is 18.8. The average Bonchev–Trinajstić information content (AvgIpc) is 2.64. The van der Waals surface area contributed by atoms with Crippen LogP contribution in [-0.4, -0.2) is 10.6 Å². The van der Waals surface area contributed by atoms with Crippen LogP contribution < -0.4 is 15.7 Å². The van der Waals surface area contributed by atoms with Crippen molar-refractivity contribution in [3.63, 3.8) is 0 Å². The molecule has 3 rings (SSSR count). The molecule has 0 aliphatic carbocycles. The number of pyridine rings is 1. The molecule has 1 heterocycles. The molecule has 1 aromatic heterocycles. The van der Waals surface area contributed by atoms with E-state index in [0.29, 0.717) is 4.47 Å². The molecule has 0 atom stereocenters. The monoisotopic (exact) mass is 434 g/mol. The summed E-state index contributed by atoms with van der Waals surface area (Å²) in [6.45, 7) is -0.195. The van der Waals surface area contributed by atoms with Crippen LogP contribution in [-0.2, 0) is 6.61 Å². The minimum atomic E-state index is -0.787. The van der Waals surface area contributed by atoms with Crippen LogP contribution in [0.15, 0.2) is 70.1 Å². The lowest BCUT2D eigenvalue weighted by Gasteiger charge is -2.11. The first-order chi connectivity index (χ1) is 13.0. The summed E-state index contributed by atoms with van der Waals surface area (Å²) in [7, 11) is 0. The van der Waals surface area contributed by atoms with Crippen molar-refractivity contribution in [3.05, 3.63) is 98.4 Å². The topological polar surface area (TPSA) is 60.3 Å². The Morgan fingerprint density at radius 2 is 1.85 bits per heavy atom. The van der Waals surface area contributed by atoms with Gasteiger partial charge in [0.2, 0.25) is 0 Å². The number of halogens is 3. The number of hydrogen-bond acceptors (Lipinski definition) is 3. The van der Waals surface area contributed by atoms with Gasteiger partial charge in [0.05, 0.1) is 5.69 Å². The highest BCUT2D eigenvalue weighted by Crippen LogP contribution is 2.19. The number of aromatic nitrogens is 1. The first-order valence-electron chi connectivity index (χ1n) is 7.80. The highest BCUT2D eigenvalue weighted by atomic mass is 79.9. The van der Waals surface area contributed by atoms with E-state index in [0.717, 1.165) is 4.73 Å². The van der Waals surface area contributed by atoms with Crippen molar-refractivity contribution in [1.29, 1.82) is 0 Å². The van der Waals surface area contributed by atoms with Gasteiger partial charge in [-0.3, -0.25) is 9.59 Å². The zero-order valence-corrected chi connectivity index (χ0v) is 15.4. The van der Waals surface area contributed by atoms with Gasteiger partial charge >= 0.3 is 0 Å². The normalized spacial score (nSPS) is 10.5. The van der Waals surface area contributed by atoms with Gasteiger partial charge in [-0.05, 0) is 36.4 Å². The summed E-state index contributed by atoms with van der Waals surface area (Å²) in [5.41, 5.74) is -0.793. The quantitative estimate of drug-likeness (QED) is 0.664. The second kappa shape index (κ2) is 8.13. The van der Waals surface area contributed by atoms with E-state index in [9.17, 15) is 18.4 Å². The molecule has 0 unspecified atom stereocenters. The number of benzene rings is 2. The van der Waals surface area contributed by atoms with Crippen LogP contribution in [0.25, 0.3) is 0 Å². The Hall–Kier alpha value is -3.00. The van der Waals surface area contributed by atoms with Gasteiger partial charge in [-0.25, -0.2) is 8.78 Å². The number of rotatable bonds is 5. The zero-order valence-electron chi connectivity index (χ0n) is 13.8. The molecular formula is C19H13BrF2N2O3. The first-order valence-corrected chi connectivity index (χ1v) is 8.60. The van der Waals surface area contributed by atoms with Gasteiger partial charge in [0, 0.05) is 16.2 Å². The largest absolute Gasteiger partial charge is 0.406 e. The lowest BCUT2D eigenvalue weighted by molar-refractivity contribution is 0.0847. The Balaban J connectivity index is 1.79. The van der Waals surface area contributed by atoms with Crippen LogP contribution in [0.3, 0.4) is 0 Å². The standard InChI is InChI=1S/C19H13BrF2N2O3/c20-13-7-8-17(16(22)10-13)23-18(25)14-5-3-9-24(19(14)26)27-11-12-4-1-2-6-15(12)21/h1-10H,11H2,(H,23,25). The summed E-state index contributed by atoms with van der Waals surface area (Å²) >= 11 is 3.12. The maximum atomic E-state index is 13.9. The third kappa shape index (κ3) is 4.40. The zero-order chi connectivity index (χ0) is 19.4. The fraction of sp³-hybridized carbons (Fsp3) is 0.0526. The molecule has 2 aromatic carbocycles. The molecule has 0 saturated carbocycles. The summed E-state index contributed by atoms with van der Waals surface area (Å²) in [4.78, 5) is 30.1. The molecule has 0 spiro atoms. The number of anilines is 1. The predicted molar refractivity (Wildman–Crippen MR) is 99.4 cm³/mol. The Kier molecular flexibility index (Phi) is 5.66. The molecule has 3 aromatic rings. The van der Waals surface area contributed by atoms with Crippen molar-refractivity contribution < 1.29 is 18.4 Å². The van der Waals surface area contributed by atoms with E-state index in [1.807, 2.05) is 0 Å². The third-order valence-electron chi connectivity index (χ3n) is 3.66. The lowest BCUT2D eigenvalue weighted by Crippen LogP contribution is -2.32. The van der Waals surface area contributed by atoms with Crippen LogP contribution in [0.5, 0.6) is 0 Å². The van der Waals surface area contributed by atoms with Gasteiger partial charge in [-0.15, -0.1) is 0 Å². The van der Waals surface area contributed by atoms with Gasteiger partial charge in [-0.2, -0.15) is 4.73 Å². The minimum absolute atomic E-state index is 0.0646. The molecular weight excluding hydrogens is 422 g/mol. The van der Waals surface area contributed by atoms with Crippen molar-refractivity contribution in [3.8, 4) is 0 Å². The fourth-order valence-corrected chi connectivity index (χ4v) is 2.62. The number of nitrogens with zero attached hydrogens (tertiary/aromatic N) is 1. The maximum Gasteiger partial charge on any atom is 0.295 e. The molecule has 0 aliphatic rings. The van der Waals surface area contributed by atoms with Crippen LogP contribution in [0.2, 0.25) is 0 Å². The van der Waals surface area contributed by atoms with Crippen LogP contribution in [0.1, 0.15) is 15.9 Å². The molecule has 0 bridgehead atoms. The second-order valence-corrected chi connectivity index (χ2v) is 6.41. The summed E-state index contributed by atoms with van der Waals surface area (Å²) in [6.07, 6.45) is 1.31. The van der Waals surface area contributed by atoms with Gasteiger partial charge < -0.3 is 10.2 Å². The van der Waals surface area contributed by atoms with E-state index in [2.05, 4.69) is 21.2 Å². The predicted octanol–water partition coefficient (Wildman–Crippen LogP) is 3.77. The van der Waals surface area contributed by atoms with Crippen molar-refractivity contribution >= 4 is 27.5 Å². The molecule has 8 heteroatoms. The van der Waals surface area contributed by atoms with Gasteiger partial charge in [0.1, 0.15) is 23.8 Å². The van der Waals surface area contributed by atoms with E-state index in [-0.39, 0.29) is 23.4 Å². The van der Waals surface area contributed by atoms with E-state index >= 15 is 0 Å². The molecule has 1 amide bonds. The molecule has 0 radical (unpaired) electrons. The molecule has 0 saturated heterocycles. The Morgan fingerprint density at radius 1 is 1.07 bits per heavy atom. The van der Waals surface area contributed by atoms with Crippen LogP contribution in [0, 0.1) is 11.6 Å². The maximum absolute atomic E-state index is 13.9. The van der Waals surface area contributed by atoms with Gasteiger partial charge in [-0.1, -0.05) is 34.1 Å². The summed E-state index contributed by atoms with van der Waals surface area (Å²) in [5, 5.41) is 2.34. The van der Waals surface area contributed by atoms with Crippen LogP contribution in [0.4, 0.5) is 14.5 Å². The van der Waals surface area contributed by atoms with Crippen LogP contribution >= 0.6 is 15.9 Å². The minimum Gasteiger partial charge on any atom is -0.406 e. The number of nitrogens with one attached hydrogen (secondary N) is 1. The van der Waals surface area contributed by atoms with Gasteiger partial charge in [0.25, 0.3) is 11.5 Å². The Labute approximate surface area is 161 Å². The van der Waals surface area contributed by atoms with Crippen molar-refractivity contribution in [2.75, 3.05) is 5.32 Å². The number of carbonyl (C=O) groups excluding carboxylic acids is 1. The smallest absolute Gasteiger partial charge is 0.295 e. The summed E-state index contributed by atoms with van der Waals surface area (Å²) in [6, 6.07) is 12.8. The number of carbonyl (C=O) groups is 1. The SMILES string of the molecule is O=C(Nc1ccc(Br)cc1F)c1cccn(OCc2ccccc2F)c1=O. The van der Waals surface area contributed by atoms with E-state index in [4.69, 9.17) is 4.84 Å². The number of amides is 1. The number of hydrogen-bond donors (Lipinski definition) is 1. The molecule has 0 aliphatic heterocycles. The Bertz CT molecular complexity index is 1050.